The maximum absolute atomic E-state index is 12.2. The summed E-state index contributed by atoms with van der Waals surface area (Å²) in [5.41, 5.74) is 0.334. The van der Waals surface area contributed by atoms with Crippen LogP contribution in [0.3, 0.4) is 0 Å². The first-order valence-corrected chi connectivity index (χ1v) is 7.49. The molecule has 0 saturated heterocycles. The Labute approximate surface area is 124 Å². The van der Waals surface area contributed by atoms with Crippen LogP contribution in [0.1, 0.15) is 33.7 Å². The number of furan rings is 1. The maximum Gasteiger partial charge on any atom is 0.259 e. The Morgan fingerprint density at radius 2 is 2.29 bits per heavy atom. The fourth-order valence-electron chi connectivity index (χ4n) is 2.21. The third-order valence-corrected chi connectivity index (χ3v) is 4.51. The predicted octanol–water partition coefficient (Wildman–Crippen LogP) is 2.87. The van der Waals surface area contributed by atoms with Gasteiger partial charge in [-0.1, -0.05) is 6.92 Å². The number of ketones is 1. The molecular formula is C15H14N2O3S. The van der Waals surface area contributed by atoms with E-state index in [0.717, 1.165) is 11.3 Å². The van der Waals surface area contributed by atoms with Crippen LogP contribution in [-0.2, 0) is 12.8 Å². The fraction of sp³-hybridized carbons (Fsp3) is 0.267. The van der Waals surface area contributed by atoms with Gasteiger partial charge in [0.2, 0.25) is 0 Å². The molecule has 3 aromatic rings. The Balaban J connectivity index is 1.96. The Morgan fingerprint density at radius 1 is 1.48 bits per heavy atom. The molecule has 3 heterocycles. The van der Waals surface area contributed by atoms with Gasteiger partial charge < -0.3 is 9.40 Å². The molecule has 0 aliphatic carbocycles. The number of H-pyrrole nitrogens is 1. The van der Waals surface area contributed by atoms with Gasteiger partial charge in [-0.2, -0.15) is 0 Å². The summed E-state index contributed by atoms with van der Waals surface area (Å²) in [5, 5.41) is 0.590. The third-order valence-electron chi connectivity index (χ3n) is 3.34. The summed E-state index contributed by atoms with van der Waals surface area (Å²) in [6.07, 6.45) is 2.41. The van der Waals surface area contributed by atoms with E-state index < -0.39 is 0 Å². The Bertz CT molecular complexity index is 873. The van der Waals surface area contributed by atoms with Crippen LogP contribution in [0.25, 0.3) is 10.2 Å². The predicted molar refractivity (Wildman–Crippen MR) is 81.1 cm³/mol. The summed E-state index contributed by atoms with van der Waals surface area (Å²) < 4.78 is 5.12. The topological polar surface area (TPSA) is 76.0 Å². The summed E-state index contributed by atoms with van der Waals surface area (Å²) in [5.74, 6) is 0.853. The van der Waals surface area contributed by atoms with Crippen molar-refractivity contribution in [2.75, 3.05) is 0 Å². The lowest BCUT2D eigenvalue weighted by Gasteiger charge is -2.00. The standard InChI is InChI=1S/C15H14N2O3S/c1-3-9-6-11-14(19)16-13(17-15(11)21-9)7-12(18)10-4-5-20-8(10)2/h4-6H,3,7H2,1-2H3,(H,16,17,19). The van der Waals surface area contributed by atoms with E-state index in [2.05, 4.69) is 9.97 Å². The number of aromatic nitrogens is 2. The van der Waals surface area contributed by atoms with Gasteiger partial charge in [-0.25, -0.2) is 4.98 Å². The molecule has 6 heteroatoms. The second-order valence-electron chi connectivity index (χ2n) is 4.79. The van der Waals surface area contributed by atoms with Crippen molar-refractivity contribution < 1.29 is 9.21 Å². The zero-order valence-electron chi connectivity index (χ0n) is 11.7. The Hall–Kier alpha value is -2.21. The molecule has 0 fully saturated rings. The molecule has 0 unspecified atom stereocenters. The van der Waals surface area contributed by atoms with Gasteiger partial charge in [-0.05, 0) is 25.5 Å². The first-order valence-electron chi connectivity index (χ1n) is 6.67. The van der Waals surface area contributed by atoms with Crippen molar-refractivity contribution in [1.82, 2.24) is 9.97 Å². The van der Waals surface area contributed by atoms with E-state index in [1.807, 2.05) is 13.0 Å². The Morgan fingerprint density at radius 3 is 2.95 bits per heavy atom. The number of rotatable bonds is 4. The van der Waals surface area contributed by atoms with E-state index >= 15 is 0 Å². The summed E-state index contributed by atoms with van der Waals surface area (Å²) in [7, 11) is 0. The van der Waals surface area contributed by atoms with Crippen molar-refractivity contribution in [3.63, 3.8) is 0 Å². The van der Waals surface area contributed by atoms with Crippen molar-refractivity contribution in [3.8, 4) is 0 Å². The third kappa shape index (κ3) is 2.54. The highest BCUT2D eigenvalue weighted by atomic mass is 32.1. The van der Waals surface area contributed by atoms with Crippen LogP contribution in [0.4, 0.5) is 0 Å². The van der Waals surface area contributed by atoms with Gasteiger partial charge >= 0.3 is 0 Å². The van der Waals surface area contributed by atoms with Gasteiger partial charge in [-0.3, -0.25) is 9.59 Å². The number of carbonyl (C=O) groups is 1. The molecule has 108 valence electrons. The zero-order chi connectivity index (χ0) is 15.0. The van der Waals surface area contributed by atoms with Crippen LogP contribution in [0.2, 0.25) is 0 Å². The normalized spacial score (nSPS) is 11.1. The van der Waals surface area contributed by atoms with E-state index in [1.54, 1.807) is 13.0 Å². The minimum absolute atomic E-state index is 0.0604. The average molecular weight is 302 g/mol. The van der Waals surface area contributed by atoms with Crippen LogP contribution in [-0.4, -0.2) is 15.8 Å². The second kappa shape index (κ2) is 5.29. The summed E-state index contributed by atoms with van der Waals surface area (Å²) >= 11 is 1.49. The van der Waals surface area contributed by atoms with E-state index in [-0.39, 0.29) is 17.8 Å². The van der Waals surface area contributed by atoms with E-state index in [0.29, 0.717) is 27.4 Å². The van der Waals surface area contributed by atoms with Gasteiger partial charge in [0.1, 0.15) is 16.4 Å². The molecule has 0 saturated carbocycles. The lowest BCUT2D eigenvalue weighted by molar-refractivity contribution is 0.0989. The maximum atomic E-state index is 12.2. The van der Waals surface area contributed by atoms with Gasteiger partial charge in [0.15, 0.2) is 5.78 Å². The fourth-order valence-corrected chi connectivity index (χ4v) is 3.19. The number of nitrogens with one attached hydrogen (secondary N) is 1. The Kier molecular flexibility index (Phi) is 3.47. The van der Waals surface area contributed by atoms with Crippen molar-refractivity contribution in [1.29, 1.82) is 0 Å². The molecule has 0 atom stereocenters. The van der Waals surface area contributed by atoms with Gasteiger partial charge in [0.25, 0.3) is 5.56 Å². The molecule has 0 radical (unpaired) electrons. The number of fused-ring (bicyclic) bond motifs is 1. The van der Waals surface area contributed by atoms with Crippen LogP contribution in [0.5, 0.6) is 0 Å². The minimum atomic E-state index is -0.192. The van der Waals surface area contributed by atoms with Gasteiger partial charge in [-0.15, -0.1) is 11.3 Å². The number of thiophene rings is 1. The molecule has 0 aliphatic rings. The number of aryl methyl sites for hydroxylation is 2. The number of Topliss-reactive ketones (excluding diaryl/α,β-unsaturated/α-hetero) is 1. The van der Waals surface area contributed by atoms with Crippen LogP contribution < -0.4 is 5.56 Å². The molecule has 0 amide bonds. The summed E-state index contributed by atoms with van der Waals surface area (Å²) in [4.78, 5) is 33.1. The molecule has 5 nitrogen and oxygen atoms in total. The molecule has 0 bridgehead atoms. The van der Waals surface area contributed by atoms with Crippen molar-refractivity contribution in [3.05, 3.63) is 50.8 Å². The molecule has 0 aromatic carbocycles. The lowest BCUT2D eigenvalue weighted by Crippen LogP contribution is -2.14. The molecule has 1 N–H and O–H groups in total. The highest BCUT2D eigenvalue weighted by Crippen LogP contribution is 2.21. The molecule has 3 rings (SSSR count). The van der Waals surface area contributed by atoms with Crippen LogP contribution in [0, 0.1) is 6.92 Å². The highest BCUT2D eigenvalue weighted by Gasteiger charge is 2.15. The van der Waals surface area contributed by atoms with Crippen molar-refractivity contribution in [2.24, 2.45) is 0 Å². The van der Waals surface area contributed by atoms with E-state index in [9.17, 15) is 9.59 Å². The summed E-state index contributed by atoms with van der Waals surface area (Å²) in [6, 6.07) is 3.49. The van der Waals surface area contributed by atoms with Crippen LogP contribution >= 0.6 is 11.3 Å². The number of nitrogens with zero attached hydrogens (tertiary/aromatic N) is 1. The average Bonchev–Trinajstić information content (AvgIpc) is 3.04. The first kappa shape index (κ1) is 13.8. The molecule has 0 spiro atoms. The second-order valence-corrected chi connectivity index (χ2v) is 5.90. The molecular weight excluding hydrogens is 288 g/mol. The molecule has 21 heavy (non-hydrogen) atoms. The molecule has 0 aliphatic heterocycles. The van der Waals surface area contributed by atoms with Gasteiger partial charge in [0, 0.05) is 4.88 Å². The zero-order valence-corrected chi connectivity index (χ0v) is 12.5. The SMILES string of the molecule is CCc1cc2c(=O)[nH]c(CC(=O)c3ccoc3C)nc2s1. The number of hydrogen-bond donors (Lipinski definition) is 1. The number of aromatic amines is 1. The van der Waals surface area contributed by atoms with Crippen molar-refractivity contribution in [2.45, 2.75) is 26.7 Å². The smallest absolute Gasteiger partial charge is 0.259 e. The lowest BCUT2D eigenvalue weighted by atomic mass is 10.1. The minimum Gasteiger partial charge on any atom is -0.469 e. The van der Waals surface area contributed by atoms with Crippen LogP contribution in [0.15, 0.2) is 27.6 Å². The van der Waals surface area contributed by atoms with E-state index in [4.69, 9.17) is 4.42 Å². The van der Waals surface area contributed by atoms with E-state index in [1.165, 1.54) is 17.6 Å². The largest absolute Gasteiger partial charge is 0.469 e. The number of hydrogen-bond acceptors (Lipinski definition) is 5. The molecule has 3 aromatic heterocycles. The van der Waals surface area contributed by atoms with Crippen molar-refractivity contribution >= 4 is 27.3 Å². The van der Waals surface area contributed by atoms with Gasteiger partial charge in [0.05, 0.1) is 23.6 Å². The number of carbonyl (C=O) groups excluding carboxylic acids is 1. The quantitative estimate of drug-likeness (QED) is 0.752. The monoisotopic (exact) mass is 302 g/mol. The first-order chi connectivity index (χ1) is 10.1. The summed E-state index contributed by atoms with van der Waals surface area (Å²) in [6.45, 7) is 3.77. The highest BCUT2D eigenvalue weighted by molar-refractivity contribution is 7.18.